The molecular weight excluding hydrogens is 503 g/mol. The highest BCUT2D eigenvalue weighted by Crippen LogP contribution is 2.34. The third-order valence-corrected chi connectivity index (χ3v) is 6.81. The summed E-state index contributed by atoms with van der Waals surface area (Å²) in [5.74, 6) is 0.396. The zero-order chi connectivity index (χ0) is 27.1. The van der Waals surface area contributed by atoms with Crippen molar-refractivity contribution in [3.63, 3.8) is 0 Å². The van der Waals surface area contributed by atoms with E-state index >= 15 is 0 Å². The summed E-state index contributed by atoms with van der Waals surface area (Å²) in [6.45, 7) is 2.34. The Labute approximate surface area is 228 Å². The molecule has 0 unspecified atom stereocenters. The molecule has 194 valence electrons. The van der Waals surface area contributed by atoms with Gasteiger partial charge in [0.1, 0.15) is 35.0 Å². The maximum atomic E-state index is 14.2. The third kappa shape index (κ3) is 4.45. The molecule has 0 saturated heterocycles. The van der Waals surface area contributed by atoms with Crippen LogP contribution in [0.1, 0.15) is 11.1 Å². The first kappa shape index (κ1) is 23.7. The SMILES string of the molecule is Cc1cc(F)cc(-c2ccnc3[nH]c(-c4n[nH]c5ccc(-c6cncc(OCc7ccccc7)c6)nc45)cc23)c1. The number of hydrogen-bond acceptors (Lipinski definition) is 5. The molecule has 0 bridgehead atoms. The first-order valence-corrected chi connectivity index (χ1v) is 12.8. The summed E-state index contributed by atoms with van der Waals surface area (Å²) in [6.07, 6.45) is 5.18. The molecule has 0 amide bonds. The molecule has 40 heavy (non-hydrogen) atoms. The number of nitrogens with one attached hydrogen (secondary N) is 2. The zero-order valence-corrected chi connectivity index (χ0v) is 21.5. The Morgan fingerprint density at radius 3 is 2.67 bits per heavy atom. The lowest BCUT2D eigenvalue weighted by molar-refractivity contribution is 0.305. The van der Waals surface area contributed by atoms with Crippen LogP contribution in [0.3, 0.4) is 0 Å². The molecule has 0 spiro atoms. The Morgan fingerprint density at radius 2 is 1.80 bits per heavy atom. The number of aromatic amines is 2. The minimum absolute atomic E-state index is 0.269. The van der Waals surface area contributed by atoms with Crippen molar-refractivity contribution in [3.05, 3.63) is 114 Å². The highest BCUT2D eigenvalue weighted by molar-refractivity contribution is 5.99. The van der Waals surface area contributed by atoms with E-state index in [1.54, 1.807) is 18.6 Å². The Kier molecular flexibility index (Phi) is 5.78. The quantitative estimate of drug-likeness (QED) is 0.238. The van der Waals surface area contributed by atoms with Crippen LogP contribution in [-0.2, 0) is 6.61 Å². The largest absolute Gasteiger partial charge is 0.487 e. The van der Waals surface area contributed by atoms with Crippen molar-refractivity contribution < 1.29 is 9.13 Å². The fourth-order valence-corrected chi connectivity index (χ4v) is 4.92. The monoisotopic (exact) mass is 526 g/mol. The number of benzene rings is 2. The van der Waals surface area contributed by atoms with Crippen LogP contribution in [0.5, 0.6) is 5.75 Å². The van der Waals surface area contributed by atoms with E-state index in [2.05, 4.69) is 25.1 Å². The molecule has 7 rings (SSSR count). The number of ether oxygens (including phenoxy) is 1. The number of pyridine rings is 3. The van der Waals surface area contributed by atoms with Gasteiger partial charge in [-0.1, -0.05) is 36.4 Å². The van der Waals surface area contributed by atoms with Gasteiger partial charge in [0.25, 0.3) is 0 Å². The van der Waals surface area contributed by atoms with Crippen molar-refractivity contribution in [1.82, 2.24) is 30.1 Å². The summed E-state index contributed by atoms with van der Waals surface area (Å²) in [6, 6.07) is 24.7. The molecule has 8 heteroatoms. The number of aromatic nitrogens is 6. The molecule has 2 N–H and O–H groups in total. The average molecular weight is 527 g/mol. The fraction of sp³-hybridized carbons (Fsp3) is 0.0625. The summed E-state index contributed by atoms with van der Waals surface area (Å²) in [5.41, 5.74) is 8.84. The molecule has 0 atom stereocenters. The normalized spacial score (nSPS) is 11.3. The van der Waals surface area contributed by atoms with E-state index in [9.17, 15) is 4.39 Å². The molecule has 0 aliphatic rings. The van der Waals surface area contributed by atoms with Gasteiger partial charge in [0.05, 0.1) is 23.1 Å². The molecule has 0 aliphatic heterocycles. The summed E-state index contributed by atoms with van der Waals surface area (Å²) >= 11 is 0. The summed E-state index contributed by atoms with van der Waals surface area (Å²) in [5, 5.41) is 8.52. The number of nitrogens with zero attached hydrogens (tertiary/aromatic N) is 4. The van der Waals surface area contributed by atoms with Gasteiger partial charge in [-0.3, -0.25) is 10.1 Å². The Morgan fingerprint density at radius 1 is 0.900 bits per heavy atom. The molecule has 2 aromatic carbocycles. The van der Waals surface area contributed by atoms with Gasteiger partial charge in [-0.15, -0.1) is 0 Å². The van der Waals surface area contributed by atoms with Crippen LogP contribution >= 0.6 is 0 Å². The first-order valence-electron chi connectivity index (χ1n) is 12.8. The van der Waals surface area contributed by atoms with E-state index in [1.807, 2.05) is 73.7 Å². The molecule has 0 radical (unpaired) electrons. The van der Waals surface area contributed by atoms with Gasteiger partial charge in [0.15, 0.2) is 0 Å². The van der Waals surface area contributed by atoms with Crippen LogP contribution in [0.25, 0.3) is 55.8 Å². The predicted molar refractivity (Wildman–Crippen MR) is 153 cm³/mol. The number of aryl methyl sites for hydroxylation is 1. The molecule has 7 aromatic rings. The lowest BCUT2D eigenvalue weighted by atomic mass is 10.0. The number of rotatable bonds is 6. The summed E-state index contributed by atoms with van der Waals surface area (Å²) in [7, 11) is 0. The Bertz CT molecular complexity index is 1980. The highest BCUT2D eigenvalue weighted by atomic mass is 19.1. The van der Waals surface area contributed by atoms with Crippen LogP contribution in [-0.4, -0.2) is 30.1 Å². The van der Waals surface area contributed by atoms with Crippen LogP contribution in [0.15, 0.2) is 97.5 Å². The fourth-order valence-electron chi connectivity index (χ4n) is 4.92. The van der Waals surface area contributed by atoms with Gasteiger partial charge >= 0.3 is 0 Å². The van der Waals surface area contributed by atoms with Crippen molar-refractivity contribution in [2.75, 3.05) is 0 Å². The molecule has 0 saturated carbocycles. The van der Waals surface area contributed by atoms with E-state index in [0.29, 0.717) is 29.2 Å². The lowest BCUT2D eigenvalue weighted by Gasteiger charge is -2.08. The molecule has 0 fully saturated rings. The van der Waals surface area contributed by atoms with Crippen molar-refractivity contribution in [3.8, 4) is 39.5 Å². The Balaban J connectivity index is 1.25. The number of halogens is 1. The number of hydrogen-bond donors (Lipinski definition) is 2. The maximum Gasteiger partial charge on any atom is 0.138 e. The number of fused-ring (bicyclic) bond motifs is 2. The van der Waals surface area contributed by atoms with E-state index in [-0.39, 0.29) is 5.82 Å². The lowest BCUT2D eigenvalue weighted by Crippen LogP contribution is -1.96. The molecule has 5 aromatic heterocycles. The summed E-state index contributed by atoms with van der Waals surface area (Å²) in [4.78, 5) is 17.2. The smallest absolute Gasteiger partial charge is 0.138 e. The average Bonchev–Trinajstić information content (AvgIpc) is 3.60. The van der Waals surface area contributed by atoms with Crippen LogP contribution in [0.2, 0.25) is 0 Å². The second kappa shape index (κ2) is 9.74. The van der Waals surface area contributed by atoms with Gasteiger partial charge in [0.2, 0.25) is 0 Å². The van der Waals surface area contributed by atoms with Crippen molar-refractivity contribution >= 4 is 22.1 Å². The first-order chi connectivity index (χ1) is 19.6. The zero-order valence-electron chi connectivity index (χ0n) is 21.5. The van der Waals surface area contributed by atoms with E-state index in [4.69, 9.17) is 9.72 Å². The maximum absolute atomic E-state index is 14.2. The van der Waals surface area contributed by atoms with Gasteiger partial charge in [0, 0.05) is 23.3 Å². The van der Waals surface area contributed by atoms with E-state index in [0.717, 1.165) is 50.1 Å². The topological polar surface area (TPSA) is 92.4 Å². The number of H-pyrrole nitrogens is 2. The van der Waals surface area contributed by atoms with Gasteiger partial charge in [-0.25, -0.2) is 14.4 Å². The second-order valence-corrected chi connectivity index (χ2v) is 9.67. The minimum atomic E-state index is -0.269. The van der Waals surface area contributed by atoms with Crippen molar-refractivity contribution in [2.45, 2.75) is 13.5 Å². The third-order valence-electron chi connectivity index (χ3n) is 6.81. The standard InChI is InChI=1S/C32H23FN6O/c1-19-11-21(13-23(33)12-19)25-9-10-35-32-26(25)15-29(37-32)31-30-28(38-39-31)8-7-27(36-30)22-14-24(17-34-16-22)40-18-20-5-3-2-4-6-20/h2-17H,18H2,1H3,(H,35,37)(H,38,39). The van der Waals surface area contributed by atoms with Gasteiger partial charge in [-0.05, 0) is 71.6 Å². The molecule has 0 aliphatic carbocycles. The van der Waals surface area contributed by atoms with E-state index in [1.165, 1.54) is 12.1 Å². The van der Waals surface area contributed by atoms with Crippen LogP contribution in [0.4, 0.5) is 4.39 Å². The molecular formula is C32H23FN6O. The van der Waals surface area contributed by atoms with E-state index < -0.39 is 0 Å². The highest BCUT2D eigenvalue weighted by Gasteiger charge is 2.16. The predicted octanol–water partition coefficient (Wildman–Crippen LogP) is 7.26. The summed E-state index contributed by atoms with van der Waals surface area (Å²) < 4.78 is 20.2. The molecule has 5 heterocycles. The molecule has 7 nitrogen and oxygen atoms in total. The van der Waals surface area contributed by atoms with Crippen LogP contribution < -0.4 is 4.74 Å². The minimum Gasteiger partial charge on any atom is -0.487 e. The van der Waals surface area contributed by atoms with Crippen LogP contribution in [0, 0.1) is 12.7 Å². The van der Waals surface area contributed by atoms with Gasteiger partial charge in [-0.2, -0.15) is 5.10 Å². The van der Waals surface area contributed by atoms with Crippen molar-refractivity contribution in [1.29, 1.82) is 0 Å². The Hall–Kier alpha value is -5.37. The second-order valence-electron chi connectivity index (χ2n) is 9.67. The van der Waals surface area contributed by atoms with Crippen molar-refractivity contribution in [2.24, 2.45) is 0 Å². The van der Waals surface area contributed by atoms with Gasteiger partial charge < -0.3 is 9.72 Å².